The minimum Gasteiger partial charge on any atom is -0.387 e. The van der Waals surface area contributed by atoms with Gasteiger partial charge in [-0.25, -0.2) is 4.98 Å². The fourth-order valence-corrected chi connectivity index (χ4v) is 2.72. The van der Waals surface area contributed by atoms with Crippen molar-refractivity contribution in [3.63, 3.8) is 0 Å². The molecule has 100 valence electrons. The molecule has 0 unspecified atom stereocenters. The Morgan fingerprint density at radius 2 is 1.65 bits per heavy atom. The Labute approximate surface area is 119 Å². The van der Waals surface area contributed by atoms with Crippen LogP contribution in [0.3, 0.4) is 0 Å². The lowest BCUT2D eigenvalue weighted by molar-refractivity contribution is 1.30. The third-order valence-corrected chi connectivity index (χ3v) is 3.76. The highest BCUT2D eigenvalue weighted by Gasteiger charge is 2.13. The first-order valence-electron chi connectivity index (χ1n) is 6.85. The summed E-state index contributed by atoms with van der Waals surface area (Å²) >= 11 is 0. The van der Waals surface area contributed by atoms with E-state index in [0.717, 1.165) is 22.5 Å². The van der Waals surface area contributed by atoms with Gasteiger partial charge in [-0.1, -0.05) is 48.5 Å². The summed E-state index contributed by atoms with van der Waals surface area (Å²) in [6.45, 7) is 4.24. The number of aromatic nitrogens is 1. The molecule has 0 aliphatic carbocycles. The lowest BCUT2D eigenvalue weighted by atomic mass is 10.0. The standard InChI is InChI=1S/C18H18N2/c1-12-8-7-11-15-16(12)20-17(13(2)18(15)19-3)14-9-5-4-6-10-14/h4-11H,1-3H3,(H,19,20). The lowest BCUT2D eigenvalue weighted by Gasteiger charge is -2.15. The van der Waals surface area contributed by atoms with E-state index >= 15 is 0 Å². The summed E-state index contributed by atoms with van der Waals surface area (Å²) in [7, 11) is 1.97. The van der Waals surface area contributed by atoms with Crippen molar-refractivity contribution in [2.45, 2.75) is 13.8 Å². The molecule has 0 atom stereocenters. The average Bonchev–Trinajstić information content (AvgIpc) is 2.48. The molecule has 0 saturated heterocycles. The van der Waals surface area contributed by atoms with E-state index in [0.29, 0.717) is 0 Å². The molecule has 2 aromatic carbocycles. The third-order valence-electron chi connectivity index (χ3n) is 3.76. The van der Waals surface area contributed by atoms with Crippen LogP contribution in [-0.2, 0) is 0 Å². The van der Waals surface area contributed by atoms with Crippen molar-refractivity contribution < 1.29 is 0 Å². The van der Waals surface area contributed by atoms with Gasteiger partial charge in [0, 0.05) is 23.7 Å². The summed E-state index contributed by atoms with van der Waals surface area (Å²) < 4.78 is 0. The van der Waals surface area contributed by atoms with Gasteiger partial charge in [0.25, 0.3) is 0 Å². The molecule has 0 spiro atoms. The summed E-state index contributed by atoms with van der Waals surface area (Å²) in [6, 6.07) is 16.7. The van der Waals surface area contributed by atoms with Crippen LogP contribution < -0.4 is 5.32 Å². The summed E-state index contributed by atoms with van der Waals surface area (Å²) in [4.78, 5) is 4.91. The van der Waals surface area contributed by atoms with Crippen LogP contribution in [0.5, 0.6) is 0 Å². The minimum absolute atomic E-state index is 1.05. The van der Waals surface area contributed by atoms with Crippen molar-refractivity contribution in [1.82, 2.24) is 4.98 Å². The normalized spacial score (nSPS) is 10.8. The van der Waals surface area contributed by atoms with Gasteiger partial charge in [-0.15, -0.1) is 0 Å². The van der Waals surface area contributed by atoms with Gasteiger partial charge >= 0.3 is 0 Å². The molecule has 0 fully saturated rings. The van der Waals surface area contributed by atoms with E-state index in [4.69, 9.17) is 4.98 Å². The van der Waals surface area contributed by atoms with Crippen molar-refractivity contribution in [2.24, 2.45) is 0 Å². The molecular weight excluding hydrogens is 244 g/mol. The molecular formula is C18H18N2. The van der Waals surface area contributed by atoms with E-state index in [1.807, 2.05) is 13.1 Å². The quantitative estimate of drug-likeness (QED) is 0.732. The van der Waals surface area contributed by atoms with Gasteiger partial charge in [0.1, 0.15) is 0 Å². The molecule has 0 aliphatic rings. The van der Waals surface area contributed by atoms with Crippen LogP contribution in [0.15, 0.2) is 48.5 Å². The highest BCUT2D eigenvalue weighted by molar-refractivity contribution is 5.97. The SMILES string of the molecule is CNc1c(C)c(-c2ccccc2)nc2c(C)cccc12. The molecule has 0 amide bonds. The number of hydrogen-bond donors (Lipinski definition) is 1. The molecule has 1 aromatic heterocycles. The number of rotatable bonds is 2. The van der Waals surface area contributed by atoms with Crippen molar-refractivity contribution in [3.8, 4) is 11.3 Å². The molecule has 20 heavy (non-hydrogen) atoms. The lowest BCUT2D eigenvalue weighted by Crippen LogP contribution is -1.99. The van der Waals surface area contributed by atoms with Gasteiger partial charge in [0.05, 0.1) is 11.2 Å². The maximum atomic E-state index is 4.91. The second kappa shape index (κ2) is 4.97. The van der Waals surface area contributed by atoms with Crippen molar-refractivity contribution in [1.29, 1.82) is 0 Å². The fraction of sp³-hybridized carbons (Fsp3) is 0.167. The smallest absolute Gasteiger partial charge is 0.0759 e. The maximum absolute atomic E-state index is 4.91. The summed E-state index contributed by atoms with van der Waals surface area (Å²) in [6.07, 6.45) is 0. The number of para-hydroxylation sites is 1. The number of benzene rings is 2. The second-order valence-electron chi connectivity index (χ2n) is 5.05. The molecule has 1 heterocycles. The Morgan fingerprint density at radius 3 is 2.35 bits per heavy atom. The number of anilines is 1. The first-order valence-corrected chi connectivity index (χ1v) is 6.85. The Morgan fingerprint density at radius 1 is 0.900 bits per heavy atom. The molecule has 0 bridgehead atoms. The zero-order chi connectivity index (χ0) is 14.1. The first-order chi connectivity index (χ1) is 9.72. The van der Waals surface area contributed by atoms with E-state index in [1.54, 1.807) is 0 Å². The largest absolute Gasteiger partial charge is 0.387 e. The van der Waals surface area contributed by atoms with Crippen LogP contribution in [0.4, 0.5) is 5.69 Å². The van der Waals surface area contributed by atoms with Gasteiger partial charge in [-0.05, 0) is 25.0 Å². The predicted octanol–water partition coefficient (Wildman–Crippen LogP) is 4.56. The number of nitrogens with zero attached hydrogens (tertiary/aromatic N) is 1. The molecule has 0 radical (unpaired) electrons. The zero-order valence-electron chi connectivity index (χ0n) is 12.1. The van der Waals surface area contributed by atoms with Gasteiger partial charge in [-0.3, -0.25) is 0 Å². The van der Waals surface area contributed by atoms with Gasteiger partial charge in [0.2, 0.25) is 0 Å². The molecule has 2 heteroatoms. The number of pyridine rings is 1. The van der Waals surface area contributed by atoms with Crippen LogP contribution >= 0.6 is 0 Å². The highest BCUT2D eigenvalue weighted by Crippen LogP contribution is 2.33. The Hall–Kier alpha value is -2.35. The third kappa shape index (κ3) is 1.94. The summed E-state index contributed by atoms with van der Waals surface area (Å²) in [5.74, 6) is 0. The highest BCUT2D eigenvalue weighted by atomic mass is 14.8. The average molecular weight is 262 g/mol. The molecule has 0 aliphatic heterocycles. The van der Waals surface area contributed by atoms with Crippen LogP contribution in [-0.4, -0.2) is 12.0 Å². The summed E-state index contributed by atoms with van der Waals surface area (Å²) in [5.41, 5.74) is 6.84. The van der Waals surface area contributed by atoms with E-state index < -0.39 is 0 Å². The Bertz CT molecular complexity index is 761. The van der Waals surface area contributed by atoms with Gasteiger partial charge in [0.15, 0.2) is 0 Å². The van der Waals surface area contributed by atoms with E-state index in [1.165, 1.54) is 16.5 Å². The summed E-state index contributed by atoms with van der Waals surface area (Å²) in [5, 5.41) is 4.52. The monoisotopic (exact) mass is 262 g/mol. The van der Waals surface area contributed by atoms with Crippen LogP contribution in [0, 0.1) is 13.8 Å². The maximum Gasteiger partial charge on any atom is 0.0759 e. The van der Waals surface area contributed by atoms with Gasteiger partial charge in [-0.2, -0.15) is 0 Å². The number of hydrogen-bond acceptors (Lipinski definition) is 2. The molecule has 0 saturated carbocycles. The minimum atomic E-state index is 1.05. The van der Waals surface area contributed by atoms with E-state index in [2.05, 4.69) is 61.6 Å². The Kier molecular flexibility index (Phi) is 3.15. The van der Waals surface area contributed by atoms with Crippen LogP contribution in [0.25, 0.3) is 22.2 Å². The van der Waals surface area contributed by atoms with Crippen molar-refractivity contribution in [3.05, 3.63) is 59.7 Å². The van der Waals surface area contributed by atoms with E-state index in [-0.39, 0.29) is 0 Å². The second-order valence-corrected chi connectivity index (χ2v) is 5.05. The first kappa shape index (κ1) is 12.7. The topological polar surface area (TPSA) is 24.9 Å². The molecule has 3 rings (SSSR count). The zero-order valence-corrected chi connectivity index (χ0v) is 12.1. The number of nitrogens with one attached hydrogen (secondary N) is 1. The van der Waals surface area contributed by atoms with Gasteiger partial charge < -0.3 is 5.32 Å². The fourth-order valence-electron chi connectivity index (χ4n) is 2.72. The number of fused-ring (bicyclic) bond motifs is 1. The van der Waals surface area contributed by atoms with Crippen LogP contribution in [0.1, 0.15) is 11.1 Å². The molecule has 3 aromatic rings. The molecule has 1 N–H and O–H groups in total. The van der Waals surface area contributed by atoms with Crippen LogP contribution in [0.2, 0.25) is 0 Å². The molecule has 2 nitrogen and oxygen atoms in total. The van der Waals surface area contributed by atoms with Crippen molar-refractivity contribution >= 4 is 16.6 Å². The predicted molar refractivity (Wildman–Crippen MR) is 86.2 cm³/mol. The van der Waals surface area contributed by atoms with E-state index in [9.17, 15) is 0 Å². The van der Waals surface area contributed by atoms with Crippen molar-refractivity contribution in [2.75, 3.05) is 12.4 Å². The Balaban J connectivity index is 2.40. The number of aryl methyl sites for hydroxylation is 1.